The van der Waals surface area contributed by atoms with Crippen molar-refractivity contribution in [3.8, 4) is 0 Å². The van der Waals surface area contributed by atoms with E-state index in [1.165, 1.54) is 6.08 Å². The van der Waals surface area contributed by atoms with E-state index in [0.29, 0.717) is 0 Å². The highest BCUT2D eigenvalue weighted by molar-refractivity contribution is 5.79. The second kappa shape index (κ2) is 4.26. The number of carboxylic acids is 1. The van der Waals surface area contributed by atoms with Crippen molar-refractivity contribution >= 4 is 11.9 Å². The van der Waals surface area contributed by atoms with Crippen LogP contribution in [-0.2, 0) is 9.59 Å². The smallest absolute Gasteiger partial charge is 0.305 e. The molecule has 0 aliphatic heterocycles. The zero-order valence-electron chi connectivity index (χ0n) is 8.08. The maximum Gasteiger partial charge on any atom is 0.305 e. The molecule has 4 nitrogen and oxygen atoms in total. The Morgan fingerprint density at radius 2 is 2.14 bits per heavy atom. The molecule has 1 aliphatic carbocycles. The SMILES string of the molecule is C=CCC(=O)NC1(CC(=O)O)CCC1. The Labute approximate surface area is 83.0 Å². The summed E-state index contributed by atoms with van der Waals surface area (Å²) in [6, 6.07) is 0. The second-order valence-corrected chi connectivity index (χ2v) is 3.75. The topological polar surface area (TPSA) is 66.4 Å². The van der Waals surface area contributed by atoms with Gasteiger partial charge in [0.15, 0.2) is 0 Å². The van der Waals surface area contributed by atoms with Gasteiger partial charge in [-0.15, -0.1) is 6.58 Å². The average Bonchev–Trinajstić information content (AvgIpc) is 1.99. The molecule has 0 unspecified atom stereocenters. The van der Waals surface area contributed by atoms with Crippen LogP contribution in [0.3, 0.4) is 0 Å². The first-order chi connectivity index (χ1) is 6.58. The Morgan fingerprint density at radius 3 is 2.50 bits per heavy atom. The minimum Gasteiger partial charge on any atom is -0.481 e. The Hall–Kier alpha value is -1.32. The molecule has 1 fully saturated rings. The van der Waals surface area contributed by atoms with Crippen molar-refractivity contribution in [2.24, 2.45) is 0 Å². The van der Waals surface area contributed by atoms with Gasteiger partial charge in [0.1, 0.15) is 0 Å². The predicted octanol–water partition coefficient (Wildman–Crippen LogP) is 1.08. The van der Waals surface area contributed by atoms with Gasteiger partial charge in [-0.2, -0.15) is 0 Å². The van der Waals surface area contributed by atoms with Crippen LogP contribution in [0.2, 0.25) is 0 Å². The van der Waals surface area contributed by atoms with Gasteiger partial charge in [-0.05, 0) is 19.3 Å². The average molecular weight is 197 g/mol. The van der Waals surface area contributed by atoms with Gasteiger partial charge in [-0.3, -0.25) is 9.59 Å². The molecule has 1 saturated carbocycles. The van der Waals surface area contributed by atoms with Gasteiger partial charge in [-0.25, -0.2) is 0 Å². The summed E-state index contributed by atoms with van der Waals surface area (Å²) in [6.45, 7) is 3.46. The number of nitrogens with one attached hydrogen (secondary N) is 1. The van der Waals surface area contributed by atoms with Gasteiger partial charge in [0.2, 0.25) is 5.91 Å². The lowest BCUT2D eigenvalue weighted by molar-refractivity contribution is -0.140. The Bertz CT molecular complexity index is 256. The fraction of sp³-hybridized carbons (Fsp3) is 0.600. The van der Waals surface area contributed by atoms with Gasteiger partial charge >= 0.3 is 5.97 Å². The number of carbonyl (C=O) groups is 2. The third-order valence-corrected chi connectivity index (χ3v) is 2.53. The van der Waals surface area contributed by atoms with E-state index in [0.717, 1.165) is 19.3 Å². The van der Waals surface area contributed by atoms with Gasteiger partial charge in [0.05, 0.1) is 12.0 Å². The van der Waals surface area contributed by atoms with Crippen LogP contribution in [0.1, 0.15) is 32.1 Å². The molecule has 0 saturated heterocycles. The van der Waals surface area contributed by atoms with Gasteiger partial charge in [0.25, 0.3) is 0 Å². The zero-order chi connectivity index (χ0) is 10.6. The van der Waals surface area contributed by atoms with Crippen molar-refractivity contribution in [3.05, 3.63) is 12.7 Å². The number of hydrogen-bond donors (Lipinski definition) is 2. The highest BCUT2D eigenvalue weighted by Crippen LogP contribution is 2.34. The summed E-state index contributed by atoms with van der Waals surface area (Å²) in [5, 5.41) is 11.5. The van der Waals surface area contributed by atoms with Crippen molar-refractivity contribution in [3.63, 3.8) is 0 Å². The molecule has 2 N–H and O–H groups in total. The quantitative estimate of drug-likeness (QED) is 0.648. The molecule has 78 valence electrons. The monoisotopic (exact) mass is 197 g/mol. The minimum atomic E-state index is -0.858. The summed E-state index contributed by atoms with van der Waals surface area (Å²) in [7, 11) is 0. The van der Waals surface area contributed by atoms with E-state index >= 15 is 0 Å². The molecule has 0 heterocycles. The Kier molecular flexibility index (Phi) is 3.28. The molecule has 0 atom stereocenters. The van der Waals surface area contributed by atoms with Crippen LogP contribution < -0.4 is 5.32 Å². The van der Waals surface area contributed by atoms with Gasteiger partial charge < -0.3 is 10.4 Å². The van der Waals surface area contributed by atoms with Crippen molar-refractivity contribution in [2.45, 2.75) is 37.6 Å². The van der Waals surface area contributed by atoms with Crippen molar-refractivity contribution in [1.29, 1.82) is 0 Å². The van der Waals surface area contributed by atoms with E-state index in [9.17, 15) is 9.59 Å². The number of amides is 1. The molecule has 1 amide bonds. The van der Waals surface area contributed by atoms with Crippen LogP contribution in [0, 0.1) is 0 Å². The third-order valence-electron chi connectivity index (χ3n) is 2.53. The van der Waals surface area contributed by atoms with E-state index in [2.05, 4.69) is 11.9 Å². The number of rotatable bonds is 5. The standard InChI is InChI=1S/C10H15NO3/c1-2-4-8(12)11-10(5-3-6-10)7-9(13)14/h2H,1,3-7H2,(H,11,12)(H,13,14). The van der Waals surface area contributed by atoms with Crippen LogP contribution in [0.15, 0.2) is 12.7 Å². The summed E-state index contributed by atoms with van der Waals surface area (Å²) in [5.41, 5.74) is -0.480. The third kappa shape index (κ3) is 2.58. The van der Waals surface area contributed by atoms with E-state index < -0.39 is 11.5 Å². The highest BCUT2D eigenvalue weighted by atomic mass is 16.4. The van der Waals surface area contributed by atoms with Crippen molar-refractivity contribution in [2.75, 3.05) is 0 Å². The lowest BCUT2D eigenvalue weighted by atomic mass is 9.74. The zero-order valence-corrected chi connectivity index (χ0v) is 8.08. The normalized spacial score (nSPS) is 18.0. The molecule has 14 heavy (non-hydrogen) atoms. The summed E-state index contributed by atoms with van der Waals surface area (Å²) >= 11 is 0. The fourth-order valence-electron chi connectivity index (χ4n) is 1.72. The number of aliphatic carboxylic acids is 1. The fourth-order valence-corrected chi connectivity index (χ4v) is 1.72. The maximum atomic E-state index is 11.3. The predicted molar refractivity (Wildman–Crippen MR) is 51.8 cm³/mol. The second-order valence-electron chi connectivity index (χ2n) is 3.75. The van der Waals surface area contributed by atoms with Gasteiger partial charge in [0, 0.05) is 6.42 Å². The number of hydrogen-bond acceptors (Lipinski definition) is 2. The molecule has 0 radical (unpaired) electrons. The van der Waals surface area contributed by atoms with E-state index in [-0.39, 0.29) is 18.7 Å². The van der Waals surface area contributed by atoms with E-state index in [1.54, 1.807) is 0 Å². The van der Waals surface area contributed by atoms with Crippen molar-refractivity contribution < 1.29 is 14.7 Å². The molecule has 0 spiro atoms. The summed E-state index contributed by atoms with van der Waals surface area (Å²) in [5.74, 6) is -0.996. The molecule has 0 aromatic heterocycles. The molecule has 4 heteroatoms. The Morgan fingerprint density at radius 1 is 1.50 bits per heavy atom. The molecule has 0 aromatic rings. The molecular formula is C10H15NO3. The highest BCUT2D eigenvalue weighted by Gasteiger charge is 2.39. The lowest BCUT2D eigenvalue weighted by Crippen LogP contribution is -2.54. The van der Waals surface area contributed by atoms with Gasteiger partial charge in [-0.1, -0.05) is 6.08 Å². The van der Waals surface area contributed by atoms with E-state index in [1.807, 2.05) is 0 Å². The first-order valence-electron chi connectivity index (χ1n) is 4.72. The lowest BCUT2D eigenvalue weighted by Gasteiger charge is -2.41. The molecular weight excluding hydrogens is 182 g/mol. The first-order valence-corrected chi connectivity index (χ1v) is 4.72. The minimum absolute atomic E-state index is 0.0237. The summed E-state index contributed by atoms with van der Waals surface area (Å²) < 4.78 is 0. The van der Waals surface area contributed by atoms with Crippen molar-refractivity contribution in [1.82, 2.24) is 5.32 Å². The van der Waals surface area contributed by atoms with Crippen LogP contribution in [-0.4, -0.2) is 22.5 Å². The van der Waals surface area contributed by atoms with Crippen LogP contribution >= 0.6 is 0 Å². The largest absolute Gasteiger partial charge is 0.481 e. The first kappa shape index (κ1) is 10.8. The molecule has 0 aromatic carbocycles. The van der Waals surface area contributed by atoms with Crippen LogP contribution in [0.25, 0.3) is 0 Å². The molecule has 1 aliphatic rings. The molecule has 1 rings (SSSR count). The number of carbonyl (C=O) groups excluding carboxylic acids is 1. The number of carboxylic acid groups (broad SMARTS) is 1. The molecule has 0 bridgehead atoms. The maximum absolute atomic E-state index is 11.3. The summed E-state index contributed by atoms with van der Waals surface area (Å²) in [6.07, 6.45) is 4.31. The van der Waals surface area contributed by atoms with Crippen LogP contribution in [0.4, 0.5) is 0 Å². The Balaban J connectivity index is 2.48. The van der Waals surface area contributed by atoms with E-state index in [4.69, 9.17) is 5.11 Å². The summed E-state index contributed by atoms with van der Waals surface area (Å²) in [4.78, 5) is 21.8. The van der Waals surface area contributed by atoms with Crippen LogP contribution in [0.5, 0.6) is 0 Å².